The number of nitrogens with zero attached hydrogens (tertiary/aromatic N) is 1. The molecule has 0 bridgehead atoms. The topological polar surface area (TPSA) is 66.6 Å². The van der Waals surface area contributed by atoms with Crippen molar-refractivity contribution in [1.82, 2.24) is 4.90 Å². The van der Waals surface area contributed by atoms with Gasteiger partial charge in [-0.05, 0) is 24.8 Å². The summed E-state index contributed by atoms with van der Waals surface area (Å²) >= 11 is 0. The molecule has 20 heavy (non-hydrogen) atoms. The van der Waals surface area contributed by atoms with E-state index < -0.39 is 34.7 Å². The maximum atomic E-state index is 13.6. The van der Waals surface area contributed by atoms with E-state index in [1.54, 1.807) is 0 Å². The fraction of sp³-hybridized carbons (Fsp3) is 0.462. The van der Waals surface area contributed by atoms with Crippen LogP contribution in [-0.2, 0) is 0 Å². The molecule has 2 rings (SSSR count). The Kier molecular flexibility index (Phi) is 3.89. The van der Waals surface area contributed by atoms with E-state index in [2.05, 4.69) is 0 Å². The second-order valence-corrected chi connectivity index (χ2v) is 5.17. The molecule has 110 valence electrons. The number of phenolic OH excluding ortho intramolecular Hbond substituents is 1. The molecule has 4 nitrogen and oxygen atoms in total. The third-order valence-corrected chi connectivity index (χ3v) is 3.51. The quantitative estimate of drug-likeness (QED) is 0.831. The number of hydrogen-bond acceptors (Lipinski definition) is 3. The fourth-order valence-electron chi connectivity index (χ4n) is 2.36. The van der Waals surface area contributed by atoms with Crippen LogP contribution in [0.2, 0.25) is 0 Å². The Labute approximate surface area is 114 Å². The Bertz CT molecular complexity index is 545. The van der Waals surface area contributed by atoms with Crippen LogP contribution >= 0.6 is 0 Å². The lowest BCUT2D eigenvalue weighted by molar-refractivity contribution is 0.0727. The summed E-state index contributed by atoms with van der Waals surface area (Å²) in [4.78, 5) is 13.2. The van der Waals surface area contributed by atoms with E-state index in [1.165, 1.54) is 11.9 Å². The zero-order chi connectivity index (χ0) is 15.0. The minimum atomic E-state index is -1.70. The molecule has 0 aromatic heterocycles. The molecule has 3 N–H and O–H groups in total. The highest BCUT2D eigenvalue weighted by molar-refractivity contribution is 5.94. The summed E-state index contributed by atoms with van der Waals surface area (Å²) in [5.41, 5.74) is 4.94. The molecule has 1 saturated carbocycles. The van der Waals surface area contributed by atoms with Gasteiger partial charge in [0.05, 0.1) is 5.56 Å². The van der Waals surface area contributed by atoms with E-state index in [4.69, 9.17) is 10.8 Å². The SMILES string of the molecule is CN(CC1CC(N)C1)C(=O)c1cc(F)c(F)c(O)c1F. The molecule has 1 aromatic carbocycles. The summed E-state index contributed by atoms with van der Waals surface area (Å²) in [5, 5.41) is 9.10. The standard InChI is InChI=1S/C13H15F3N2O2/c1-18(5-6-2-7(17)3-6)13(20)8-4-9(14)11(16)12(19)10(8)15/h4,6-7,19H,2-3,5,17H2,1H3. The van der Waals surface area contributed by atoms with Crippen molar-refractivity contribution >= 4 is 5.91 Å². The second kappa shape index (κ2) is 5.32. The Morgan fingerprint density at radius 1 is 1.40 bits per heavy atom. The van der Waals surface area contributed by atoms with Crippen molar-refractivity contribution in [2.45, 2.75) is 18.9 Å². The lowest BCUT2D eigenvalue weighted by Crippen LogP contribution is -2.43. The average Bonchev–Trinajstić information content (AvgIpc) is 2.37. The predicted octanol–water partition coefficient (Wildman–Crippen LogP) is 1.62. The maximum Gasteiger partial charge on any atom is 0.256 e. The lowest BCUT2D eigenvalue weighted by Gasteiger charge is -2.35. The molecule has 7 heteroatoms. The fourth-order valence-corrected chi connectivity index (χ4v) is 2.36. The number of carbonyl (C=O) groups excluding carboxylic acids is 1. The number of nitrogens with two attached hydrogens (primary N) is 1. The number of rotatable bonds is 3. The smallest absolute Gasteiger partial charge is 0.256 e. The average molecular weight is 288 g/mol. The summed E-state index contributed by atoms with van der Waals surface area (Å²) in [6.07, 6.45) is 1.53. The highest BCUT2D eigenvalue weighted by Gasteiger charge is 2.30. The number of halogens is 3. The van der Waals surface area contributed by atoms with Gasteiger partial charge in [-0.15, -0.1) is 0 Å². The Hall–Kier alpha value is -1.76. The highest BCUT2D eigenvalue weighted by atomic mass is 19.2. The Balaban J connectivity index is 2.16. The number of carbonyl (C=O) groups is 1. The van der Waals surface area contributed by atoms with Crippen LogP contribution in [0.25, 0.3) is 0 Å². The summed E-state index contributed by atoms with van der Waals surface area (Å²) in [5.74, 6) is -6.69. The molecular formula is C13H15F3N2O2. The van der Waals surface area contributed by atoms with E-state index in [1.807, 2.05) is 0 Å². The van der Waals surface area contributed by atoms with Gasteiger partial charge in [0.25, 0.3) is 5.91 Å². The van der Waals surface area contributed by atoms with Gasteiger partial charge in [0, 0.05) is 19.6 Å². The minimum Gasteiger partial charge on any atom is -0.503 e. The lowest BCUT2D eigenvalue weighted by atomic mass is 9.80. The third kappa shape index (κ3) is 2.58. The van der Waals surface area contributed by atoms with Crippen LogP contribution in [0.4, 0.5) is 13.2 Å². The van der Waals surface area contributed by atoms with Crippen molar-refractivity contribution in [2.75, 3.05) is 13.6 Å². The number of aromatic hydroxyl groups is 1. The van der Waals surface area contributed by atoms with Crippen LogP contribution < -0.4 is 5.73 Å². The second-order valence-electron chi connectivity index (χ2n) is 5.17. The molecule has 0 unspecified atom stereocenters. The van der Waals surface area contributed by atoms with Gasteiger partial charge in [-0.1, -0.05) is 0 Å². The van der Waals surface area contributed by atoms with Crippen molar-refractivity contribution in [3.63, 3.8) is 0 Å². The van der Waals surface area contributed by atoms with Gasteiger partial charge in [0.2, 0.25) is 5.82 Å². The largest absolute Gasteiger partial charge is 0.503 e. The zero-order valence-electron chi connectivity index (χ0n) is 10.9. The monoisotopic (exact) mass is 288 g/mol. The summed E-state index contributed by atoms with van der Waals surface area (Å²) in [7, 11) is 1.43. The predicted molar refractivity (Wildman–Crippen MR) is 65.6 cm³/mol. The number of benzene rings is 1. The Morgan fingerprint density at radius 3 is 2.55 bits per heavy atom. The van der Waals surface area contributed by atoms with E-state index in [9.17, 15) is 18.0 Å². The molecule has 0 spiro atoms. The summed E-state index contributed by atoms with van der Waals surface area (Å²) in [6, 6.07) is 0.572. The number of phenols is 1. The minimum absolute atomic E-state index is 0.118. The van der Waals surface area contributed by atoms with Gasteiger partial charge in [-0.2, -0.15) is 4.39 Å². The molecule has 1 aliphatic carbocycles. The van der Waals surface area contributed by atoms with Gasteiger partial charge >= 0.3 is 0 Å². The summed E-state index contributed by atoms with van der Waals surface area (Å²) in [6.45, 7) is 0.353. The first kappa shape index (κ1) is 14.6. The first-order chi connectivity index (χ1) is 9.31. The van der Waals surface area contributed by atoms with Gasteiger partial charge in [0.15, 0.2) is 17.4 Å². The summed E-state index contributed by atoms with van der Waals surface area (Å²) < 4.78 is 39.7. The highest BCUT2D eigenvalue weighted by Crippen LogP contribution is 2.29. The third-order valence-electron chi connectivity index (χ3n) is 3.51. The van der Waals surface area contributed by atoms with E-state index in [0.717, 1.165) is 12.8 Å². The first-order valence-corrected chi connectivity index (χ1v) is 6.18. The van der Waals surface area contributed by atoms with Gasteiger partial charge in [-0.3, -0.25) is 4.79 Å². The van der Waals surface area contributed by atoms with Crippen LogP contribution in [0.15, 0.2) is 6.07 Å². The van der Waals surface area contributed by atoms with Crippen molar-refractivity contribution in [2.24, 2.45) is 11.7 Å². The van der Waals surface area contributed by atoms with Gasteiger partial charge in [0.1, 0.15) is 0 Å². The van der Waals surface area contributed by atoms with E-state index in [0.29, 0.717) is 12.6 Å². The molecule has 0 heterocycles. The van der Waals surface area contributed by atoms with Crippen molar-refractivity contribution in [3.05, 3.63) is 29.1 Å². The molecule has 0 saturated heterocycles. The first-order valence-electron chi connectivity index (χ1n) is 6.18. The van der Waals surface area contributed by atoms with Crippen LogP contribution in [-0.4, -0.2) is 35.5 Å². The van der Waals surface area contributed by atoms with Crippen LogP contribution in [0.5, 0.6) is 5.75 Å². The number of amides is 1. The molecule has 0 radical (unpaired) electrons. The van der Waals surface area contributed by atoms with Crippen LogP contribution in [0.1, 0.15) is 23.2 Å². The Morgan fingerprint density at radius 2 is 2.00 bits per heavy atom. The molecular weight excluding hydrogens is 273 g/mol. The molecule has 0 aliphatic heterocycles. The molecule has 1 aliphatic rings. The van der Waals surface area contributed by atoms with Gasteiger partial charge in [-0.25, -0.2) is 8.78 Å². The zero-order valence-corrected chi connectivity index (χ0v) is 10.9. The molecule has 1 fully saturated rings. The van der Waals surface area contributed by atoms with E-state index in [-0.39, 0.29) is 12.0 Å². The van der Waals surface area contributed by atoms with Crippen molar-refractivity contribution in [3.8, 4) is 5.75 Å². The molecule has 0 atom stereocenters. The van der Waals surface area contributed by atoms with Crippen LogP contribution in [0.3, 0.4) is 0 Å². The van der Waals surface area contributed by atoms with Crippen LogP contribution in [0, 0.1) is 23.4 Å². The number of hydrogen-bond donors (Lipinski definition) is 2. The van der Waals surface area contributed by atoms with E-state index >= 15 is 0 Å². The molecule has 1 amide bonds. The maximum absolute atomic E-state index is 13.6. The van der Waals surface area contributed by atoms with Crippen molar-refractivity contribution in [1.29, 1.82) is 0 Å². The normalized spacial score (nSPS) is 21.4. The van der Waals surface area contributed by atoms with Crippen molar-refractivity contribution < 1.29 is 23.1 Å². The van der Waals surface area contributed by atoms with Gasteiger partial charge < -0.3 is 15.7 Å². The molecule has 1 aromatic rings.